The molecule has 0 amide bonds. The van der Waals surface area contributed by atoms with Crippen LogP contribution in [0.1, 0.15) is 61.3 Å². The van der Waals surface area contributed by atoms with Crippen molar-refractivity contribution in [3.63, 3.8) is 0 Å². The lowest BCUT2D eigenvalue weighted by molar-refractivity contribution is 0.174. The molecule has 0 N–H and O–H groups in total. The molecule has 0 aromatic heterocycles. The molecule has 3 aliphatic heterocycles. The van der Waals surface area contributed by atoms with Crippen molar-refractivity contribution in [2.45, 2.75) is 52.0 Å². The topological polar surface area (TPSA) is 40.2 Å². The van der Waals surface area contributed by atoms with E-state index in [0.29, 0.717) is 6.79 Å². The van der Waals surface area contributed by atoms with Crippen molar-refractivity contribution < 1.29 is 18.9 Å². The zero-order valence-corrected chi connectivity index (χ0v) is 18.8. The van der Waals surface area contributed by atoms with Crippen LogP contribution in [-0.4, -0.2) is 32.5 Å². The van der Waals surface area contributed by atoms with E-state index in [2.05, 4.69) is 30.0 Å². The fourth-order valence-corrected chi connectivity index (χ4v) is 5.19. The number of hydrogen-bond donors (Lipinski definition) is 0. The number of benzene rings is 2. The van der Waals surface area contributed by atoms with Crippen LogP contribution in [0.5, 0.6) is 23.0 Å². The number of methoxy groups -OCH3 is 2. The number of fused-ring (bicyclic) bond motifs is 5. The molecule has 164 valence electrons. The Morgan fingerprint density at radius 3 is 2.58 bits per heavy atom. The van der Waals surface area contributed by atoms with Gasteiger partial charge in [0.2, 0.25) is 6.79 Å². The molecule has 0 bridgehead atoms. The molecular formula is C26H31NO4. The Morgan fingerprint density at radius 2 is 1.81 bits per heavy atom. The number of ether oxygens (including phenoxy) is 4. The lowest BCUT2D eigenvalue weighted by atomic mass is 9.83. The zero-order valence-electron chi connectivity index (χ0n) is 18.8. The van der Waals surface area contributed by atoms with Crippen molar-refractivity contribution in [1.82, 2.24) is 4.90 Å². The van der Waals surface area contributed by atoms with Gasteiger partial charge < -0.3 is 23.8 Å². The Bertz CT molecular complexity index is 1030. The van der Waals surface area contributed by atoms with E-state index < -0.39 is 0 Å². The first-order chi connectivity index (χ1) is 15.2. The van der Waals surface area contributed by atoms with Crippen molar-refractivity contribution in [3.8, 4) is 23.0 Å². The molecule has 5 rings (SSSR count). The fraction of sp³-hybridized carbons (Fsp3) is 0.462. The van der Waals surface area contributed by atoms with Gasteiger partial charge in [-0.1, -0.05) is 32.3 Å². The van der Waals surface area contributed by atoms with E-state index in [0.717, 1.165) is 48.9 Å². The SMILES string of the molecule is CCCCCCC1=C2c3cc4c(cc3CCN2Cc2c1ccc(OC)c2OC)OCO4. The minimum Gasteiger partial charge on any atom is -0.493 e. The molecule has 0 saturated heterocycles. The second kappa shape index (κ2) is 8.37. The van der Waals surface area contributed by atoms with Crippen molar-refractivity contribution in [2.75, 3.05) is 27.6 Å². The van der Waals surface area contributed by atoms with Crippen LogP contribution in [-0.2, 0) is 13.0 Å². The third-order valence-electron chi connectivity index (χ3n) is 6.71. The predicted molar refractivity (Wildman–Crippen MR) is 122 cm³/mol. The summed E-state index contributed by atoms with van der Waals surface area (Å²) in [5.41, 5.74) is 7.95. The van der Waals surface area contributed by atoms with E-state index >= 15 is 0 Å². The number of hydrogen-bond acceptors (Lipinski definition) is 5. The van der Waals surface area contributed by atoms with Crippen LogP contribution in [0.15, 0.2) is 24.3 Å². The minimum absolute atomic E-state index is 0.310. The Balaban J connectivity index is 1.67. The van der Waals surface area contributed by atoms with Crippen LogP contribution in [0.2, 0.25) is 0 Å². The molecule has 5 heteroatoms. The summed E-state index contributed by atoms with van der Waals surface area (Å²) in [5, 5.41) is 0. The summed E-state index contributed by atoms with van der Waals surface area (Å²) in [4.78, 5) is 2.52. The summed E-state index contributed by atoms with van der Waals surface area (Å²) in [7, 11) is 3.45. The Morgan fingerprint density at radius 1 is 0.968 bits per heavy atom. The molecule has 3 heterocycles. The van der Waals surface area contributed by atoms with E-state index in [1.165, 1.54) is 59.2 Å². The first-order valence-electron chi connectivity index (χ1n) is 11.4. The quantitative estimate of drug-likeness (QED) is 0.541. The van der Waals surface area contributed by atoms with Gasteiger partial charge in [0.25, 0.3) is 0 Å². The van der Waals surface area contributed by atoms with Gasteiger partial charge in [0.1, 0.15) is 0 Å². The van der Waals surface area contributed by atoms with Gasteiger partial charge in [-0.3, -0.25) is 0 Å². The highest BCUT2D eigenvalue weighted by atomic mass is 16.7. The summed E-state index contributed by atoms with van der Waals surface area (Å²) < 4.78 is 22.8. The maximum Gasteiger partial charge on any atom is 0.231 e. The summed E-state index contributed by atoms with van der Waals surface area (Å²) >= 11 is 0. The van der Waals surface area contributed by atoms with Gasteiger partial charge in [-0.25, -0.2) is 0 Å². The van der Waals surface area contributed by atoms with E-state index in [4.69, 9.17) is 18.9 Å². The summed E-state index contributed by atoms with van der Waals surface area (Å²) in [6.45, 7) is 4.39. The maximum absolute atomic E-state index is 5.82. The molecule has 0 spiro atoms. The first kappa shape index (κ1) is 20.1. The second-order valence-corrected chi connectivity index (χ2v) is 8.50. The minimum atomic E-state index is 0.310. The van der Waals surface area contributed by atoms with Crippen molar-refractivity contribution >= 4 is 11.3 Å². The fourth-order valence-electron chi connectivity index (χ4n) is 5.19. The van der Waals surface area contributed by atoms with Crippen molar-refractivity contribution in [3.05, 3.63) is 46.5 Å². The average Bonchev–Trinajstić information content (AvgIpc) is 3.26. The van der Waals surface area contributed by atoms with Crippen molar-refractivity contribution in [1.29, 1.82) is 0 Å². The van der Waals surface area contributed by atoms with Gasteiger partial charge in [0.15, 0.2) is 23.0 Å². The van der Waals surface area contributed by atoms with Gasteiger partial charge in [0.05, 0.1) is 14.2 Å². The highest BCUT2D eigenvalue weighted by Crippen LogP contribution is 2.49. The summed E-state index contributed by atoms with van der Waals surface area (Å²) in [6, 6.07) is 8.64. The average molecular weight is 422 g/mol. The van der Waals surface area contributed by atoms with E-state index in [1.807, 2.05) is 6.07 Å². The monoisotopic (exact) mass is 421 g/mol. The van der Waals surface area contributed by atoms with E-state index in [1.54, 1.807) is 14.2 Å². The molecule has 0 saturated carbocycles. The van der Waals surface area contributed by atoms with Gasteiger partial charge >= 0.3 is 0 Å². The summed E-state index contributed by atoms with van der Waals surface area (Å²) in [5.74, 6) is 3.40. The summed E-state index contributed by atoms with van der Waals surface area (Å²) in [6.07, 6.45) is 7.02. The van der Waals surface area contributed by atoms with Crippen LogP contribution in [0.4, 0.5) is 0 Å². The molecule has 2 aromatic rings. The third-order valence-corrected chi connectivity index (χ3v) is 6.71. The molecule has 0 fully saturated rings. The van der Waals surface area contributed by atoms with E-state index in [-0.39, 0.29) is 0 Å². The van der Waals surface area contributed by atoms with Crippen LogP contribution in [0, 0.1) is 0 Å². The molecule has 3 aliphatic rings. The number of allylic oxidation sites excluding steroid dienone is 1. The highest BCUT2D eigenvalue weighted by molar-refractivity contribution is 5.95. The third kappa shape index (κ3) is 3.40. The van der Waals surface area contributed by atoms with Gasteiger partial charge in [-0.05, 0) is 54.2 Å². The number of rotatable bonds is 7. The van der Waals surface area contributed by atoms with Crippen LogP contribution < -0.4 is 18.9 Å². The lowest BCUT2D eigenvalue weighted by Gasteiger charge is -2.40. The van der Waals surface area contributed by atoms with E-state index in [9.17, 15) is 0 Å². The Kier molecular flexibility index (Phi) is 5.43. The van der Waals surface area contributed by atoms with Crippen LogP contribution in [0.3, 0.4) is 0 Å². The molecule has 0 atom stereocenters. The van der Waals surface area contributed by atoms with Gasteiger partial charge in [0, 0.05) is 29.9 Å². The zero-order chi connectivity index (χ0) is 21.4. The van der Waals surface area contributed by atoms with Gasteiger partial charge in [-0.2, -0.15) is 0 Å². The molecule has 0 radical (unpaired) electrons. The standard InChI is InChI=1S/C26H31NO4/c1-4-5-6-7-8-19-18-9-10-22(28-2)26(29-3)21(18)15-27-12-11-17-13-23-24(31-16-30-23)14-20(17)25(19)27/h9-10,13-14H,4-8,11-12,15-16H2,1-3H3. The lowest BCUT2D eigenvalue weighted by Crippen LogP contribution is -2.33. The highest BCUT2D eigenvalue weighted by Gasteiger charge is 2.33. The predicted octanol–water partition coefficient (Wildman–Crippen LogP) is 5.64. The molecule has 5 nitrogen and oxygen atoms in total. The first-order valence-corrected chi connectivity index (χ1v) is 11.4. The molecule has 2 aromatic carbocycles. The second-order valence-electron chi connectivity index (χ2n) is 8.50. The van der Waals surface area contributed by atoms with Crippen molar-refractivity contribution in [2.24, 2.45) is 0 Å². The smallest absolute Gasteiger partial charge is 0.231 e. The van der Waals surface area contributed by atoms with Crippen LogP contribution >= 0.6 is 0 Å². The largest absolute Gasteiger partial charge is 0.493 e. The Hall–Kier alpha value is -2.82. The van der Waals surface area contributed by atoms with Crippen LogP contribution in [0.25, 0.3) is 11.3 Å². The molecule has 31 heavy (non-hydrogen) atoms. The number of unbranched alkanes of at least 4 members (excludes halogenated alkanes) is 3. The Labute approximate surface area is 184 Å². The molecule has 0 aliphatic carbocycles. The number of nitrogens with zero attached hydrogens (tertiary/aromatic N) is 1. The maximum atomic E-state index is 5.82. The molecular weight excluding hydrogens is 390 g/mol. The molecule has 0 unspecified atom stereocenters. The normalized spacial score (nSPS) is 16.0. The van der Waals surface area contributed by atoms with Gasteiger partial charge in [-0.15, -0.1) is 0 Å².